The van der Waals surface area contributed by atoms with Crippen molar-refractivity contribution in [3.05, 3.63) is 156 Å². The molecule has 8 aromatic rings. The standard InChI is InChI=1S/C43H34N4O3.Pt/c1-28-16-17-44-42(18-28)47-40-13-9-8-12-38(40)39-15-14-34(24-41(39)47)50-37-22-33(21-35(23-37)48-4)46-26-32(25-45-46)43-29(2)19-36(20-30(43)3)49-27-31-10-6-5-7-11-31;/h5-21,23,25-26H,27H2,1-4H3;/q-2;+2. The maximum Gasteiger partial charge on any atom is 2.00 e. The van der Waals surface area contributed by atoms with E-state index in [1.165, 1.54) is 0 Å². The Bertz CT molecular complexity index is 2480. The van der Waals surface area contributed by atoms with Gasteiger partial charge in [0.05, 0.1) is 13.3 Å². The predicted molar refractivity (Wildman–Crippen MR) is 197 cm³/mol. The van der Waals surface area contributed by atoms with E-state index in [4.69, 9.17) is 19.3 Å². The number of pyridine rings is 1. The Morgan fingerprint density at radius 3 is 2.31 bits per heavy atom. The molecule has 0 aliphatic heterocycles. The number of aryl methyl sites for hydroxylation is 3. The van der Waals surface area contributed by atoms with E-state index in [1.807, 2.05) is 73.2 Å². The number of nitrogens with zero attached hydrogens (tertiary/aromatic N) is 4. The molecule has 51 heavy (non-hydrogen) atoms. The van der Waals surface area contributed by atoms with Gasteiger partial charge in [0.2, 0.25) is 0 Å². The van der Waals surface area contributed by atoms with Crippen molar-refractivity contribution in [2.75, 3.05) is 7.11 Å². The summed E-state index contributed by atoms with van der Waals surface area (Å²) in [5.74, 6) is 3.32. The molecule has 0 unspecified atom stereocenters. The van der Waals surface area contributed by atoms with Crippen LogP contribution in [0.1, 0.15) is 22.3 Å². The molecule has 0 radical (unpaired) electrons. The molecule has 0 aliphatic carbocycles. The van der Waals surface area contributed by atoms with Gasteiger partial charge in [-0.3, -0.25) is 4.68 Å². The second-order valence-corrected chi connectivity index (χ2v) is 12.4. The van der Waals surface area contributed by atoms with E-state index in [0.717, 1.165) is 66.8 Å². The molecule has 0 spiro atoms. The topological polar surface area (TPSA) is 63.3 Å². The van der Waals surface area contributed by atoms with Crippen molar-refractivity contribution in [2.24, 2.45) is 0 Å². The van der Waals surface area contributed by atoms with Crippen molar-refractivity contribution < 1.29 is 35.3 Å². The molecule has 0 saturated carbocycles. The predicted octanol–water partition coefficient (Wildman–Crippen LogP) is 9.93. The molecule has 8 rings (SSSR count). The Morgan fingerprint density at radius 1 is 0.745 bits per heavy atom. The largest absolute Gasteiger partial charge is 2.00 e. The Balaban J connectivity index is 0.00000406. The zero-order valence-corrected chi connectivity index (χ0v) is 30.9. The van der Waals surface area contributed by atoms with Gasteiger partial charge < -0.3 is 18.8 Å². The normalized spacial score (nSPS) is 11.1. The molecule has 3 aromatic heterocycles. The fraction of sp³-hybridized carbons (Fsp3) is 0.116. The van der Waals surface area contributed by atoms with Crippen molar-refractivity contribution in [3.8, 4) is 45.6 Å². The van der Waals surface area contributed by atoms with Gasteiger partial charge in [-0.15, -0.1) is 29.7 Å². The van der Waals surface area contributed by atoms with Crippen molar-refractivity contribution in [2.45, 2.75) is 27.4 Å². The SMILES string of the molecule is COc1cc(Oc2[c-]c3c(cc2)c2ccccc2n3-c2cc(C)ccn2)[c-]c(-n2cc(-c3c(C)cc(OCc4ccccc4)cc3C)cn2)c1.[Pt+2]. The molecule has 0 fully saturated rings. The van der Waals surface area contributed by atoms with Crippen molar-refractivity contribution >= 4 is 21.8 Å². The molecule has 0 aliphatic rings. The molecular weight excluding hydrogens is 816 g/mol. The number of methoxy groups -OCH3 is 1. The van der Waals surface area contributed by atoms with Gasteiger partial charge >= 0.3 is 21.1 Å². The monoisotopic (exact) mass is 849 g/mol. The van der Waals surface area contributed by atoms with Gasteiger partial charge in [0.15, 0.2) is 0 Å². The Labute approximate surface area is 311 Å². The summed E-state index contributed by atoms with van der Waals surface area (Å²) in [7, 11) is 1.64. The summed E-state index contributed by atoms with van der Waals surface area (Å²) in [6.07, 6.45) is 5.70. The van der Waals surface area contributed by atoms with E-state index >= 15 is 0 Å². The number of aromatic nitrogens is 4. The van der Waals surface area contributed by atoms with Crippen LogP contribution in [-0.4, -0.2) is 26.4 Å². The van der Waals surface area contributed by atoms with E-state index < -0.39 is 0 Å². The average Bonchev–Trinajstić information content (AvgIpc) is 3.74. The molecule has 7 nitrogen and oxygen atoms in total. The number of benzene rings is 5. The van der Waals surface area contributed by atoms with Crippen molar-refractivity contribution in [1.82, 2.24) is 19.3 Å². The van der Waals surface area contributed by atoms with Gasteiger partial charge in [0.1, 0.15) is 18.2 Å². The van der Waals surface area contributed by atoms with Gasteiger partial charge in [-0.1, -0.05) is 60.1 Å². The molecule has 8 heteroatoms. The number of hydrogen-bond donors (Lipinski definition) is 0. The van der Waals surface area contributed by atoms with Gasteiger partial charge in [-0.05, 0) is 90.0 Å². The van der Waals surface area contributed by atoms with Gasteiger partial charge in [-0.2, -0.15) is 11.2 Å². The van der Waals surface area contributed by atoms with Crippen molar-refractivity contribution in [1.29, 1.82) is 0 Å². The summed E-state index contributed by atoms with van der Waals surface area (Å²) in [4.78, 5) is 4.69. The van der Waals surface area contributed by atoms with E-state index in [2.05, 4.69) is 91.0 Å². The summed E-state index contributed by atoms with van der Waals surface area (Å²) in [5.41, 5.74) is 9.20. The number of ether oxygens (including phenoxy) is 3. The fourth-order valence-corrected chi connectivity index (χ4v) is 6.52. The fourth-order valence-electron chi connectivity index (χ4n) is 6.52. The minimum absolute atomic E-state index is 0. The van der Waals surface area contributed by atoms with Crippen LogP contribution in [0.3, 0.4) is 0 Å². The maximum absolute atomic E-state index is 6.42. The molecule has 5 aromatic carbocycles. The Kier molecular flexibility index (Phi) is 9.48. The first-order valence-electron chi connectivity index (χ1n) is 16.4. The first-order valence-corrected chi connectivity index (χ1v) is 16.4. The van der Waals surface area contributed by atoms with Crippen LogP contribution in [0.25, 0.3) is 44.4 Å². The van der Waals surface area contributed by atoms with Crippen LogP contribution in [0.2, 0.25) is 0 Å². The van der Waals surface area contributed by atoms with Crippen LogP contribution < -0.4 is 14.2 Å². The molecule has 0 atom stereocenters. The zero-order chi connectivity index (χ0) is 34.2. The Morgan fingerprint density at radius 2 is 1.53 bits per heavy atom. The molecule has 254 valence electrons. The van der Waals surface area contributed by atoms with Crippen LogP contribution in [-0.2, 0) is 27.7 Å². The summed E-state index contributed by atoms with van der Waals surface area (Å²) in [6, 6.07) is 41.3. The van der Waals surface area contributed by atoms with Crippen LogP contribution >= 0.6 is 0 Å². The summed E-state index contributed by atoms with van der Waals surface area (Å²) >= 11 is 0. The smallest absolute Gasteiger partial charge is 0.522 e. The molecular formula is C43H34N4O3Pt. The average molecular weight is 850 g/mol. The van der Waals surface area contributed by atoms with E-state index in [0.29, 0.717) is 29.5 Å². The van der Waals surface area contributed by atoms with Gasteiger partial charge in [0.25, 0.3) is 0 Å². The summed E-state index contributed by atoms with van der Waals surface area (Å²) < 4.78 is 22.1. The van der Waals surface area contributed by atoms with Gasteiger partial charge in [-0.25, -0.2) is 4.98 Å². The molecule has 0 saturated heterocycles. The number of fused-ring (bicyclic) bond motifs is 3. The minimum atomic E-state index is 0. The molecule has 3 heterocycles. The maximum atomic E-state index is 6.42. The van der Waals surface area contributed by atoms with Crippen LogP contribution in [0.15, 0.2) is 122 Å². The van der Waals surface area contributed by atoms with Crippen LogP contribution in [0.5, 0.6) is 23.0 Å². The second-order valence-electron chi connectivity index (χ2n) is 12.4. The Hall–Kier alpha value is -5.65. The summed E-state index contributed by atoms with van der Waals surface area (Å²) in [6.45, 7) is 6.78. The zero-order valence-electron chi connectivity index (χ0n) is 28.6. The first-order chi connectivity index (χ1) is 24.4. The third-order valence-corrected chi connectivity index (χ3v) is 8.82. The number of hydrogen-bond acceptors (Lipinski definition) is 5. The second kappa shape index (κ2) is 14.3. The van der Waals surface area contributed by atoms with E-state index in [1.54, 1.807) is 11.8 Å². The van der Waals surface area contributed by atoms with E-state index in [9.17, 15) is 0 Å². The quantitative estimate of drug-likeness (QED) is 0.136. The van der Waals surface area contributed by atoms with Gasteiger partial charge in [0, 0.05) is 40.7 Å². The van der Waals surface area contributed by atoms with E-state index in [-0.39, 0.29) is 21.1 Å². The van der Waals surface area contributed by atoms with Crippen LogP contribution in [0, 0.1) is 32.9 Å². The number of para-hydroxylation sites is 1. The first kappa shape index (κ1) is 33.8. The third kappa shape index (κ3) is 6.77. The summed E-state index contributed by atoms with van der Waals surface area (Å²) in [5, 5.41) is 6.90. The molecule has 0 amide bonds. The third-order valence-electron chi connectivity index (χ3n) is 8.82. The van der Waals surface area contributed by atoms with Crippen LogP contribution in [0.4, 0.5) is 0 Å². The number of rotatable bonds is 9. The molecule has 0 bridgehead atoms. The molecule has 0 N–H and O–H groups in total. The minimum Gasteiger partial charge on any atom is -0.522 e. The van der Waals surface area contributed by atoms with Crippen molar-refractivity contribution in [3.63, 3.8) is 0 Å².